The third-order valence-electron chi connectivity index (χ3n) is 2.79. The molecule has 1 aromatic rings. The van der Waals surface area contributed by atoms with Gasteiger partial charge in [0.2, 0.25) is 0 Å². The summed E-state index contributed by atoms with van der Waals surface area (Å²) in [7, 11) is 0. The molecule has 1 rings (SSSR count). The first-order valence-electron chi connectivity index (χ1n) is 6.33. The summed E-state index contributed by atoms with van der Waals surface area (Å²) in [5.74, 6) is 0.923. The maximum absolute atomic E-state index is 5.77. The third-order valence-corrected chi connectivity index (χ3v) is 2.79. The molecule has 1 aromatic carbocycles. The molecule has 2 nitrogen and oxygen atoms in total. The van der Waals surface area contributed by atoms with Crippen LogP contribution in [0.4, 0.5) is 5.69 Å². The predicted molar refractivity (Wildman–Crippen MR) is 74.7 cm³/mol. The van der Waals surface area contributed by atoms with Crippen LogP contribution in [0.1, 0.15) is 33.6 Å². The fourth-order valence-electron chi connectivity index (χ4n) is 1.35. The number of benzene rings is 1. The highest BCUT2D eigenvalue weighted by Crippen LogP contribution is 2.19. The molecule has 0 radical (unpaired) electrons. The number of ether oxygens (including phenoxy) is 1. The first-order chi connectivity index (χ1) is 8.15. The molecule has 0 aliphatic rings. The van der Waals surface area contributed by atoms with Crippen molar-refractivity contribution in [2.24, 2.45) is 0 Å². The van der Waals surface area contributed by atoms with Crippen LogP contribution in [-0.2, 0) is 0 Å². The molecular weight excluding hydrogens is 210 g/mol. The molecule has 0 aliphatic heterocycles. The van der Waals surface area contributed by atoms with Crippen molar-refractivity contribution in [2.45, 2.75) is 39.7 Å². The topological polar surface area (TPSA) is 21.3 Å². The summed E-state index contributed by atoms with van der Waals surface area (Å²) in [6.07, 6.45) is 2.29. The molecule has 1 N–H and O–H groups in total. The maximum atomic E-state index is 5.77. The first-order valence-corrected chi connectivity index (χ1v) is 6.33. The summed E-state index contributed by atoms with van der Waals surface area (Å²) in [6.45, 7) is 11.1. The van der Waals surface area contributed by atoms with Crippen LogP contribution in [0.3, 0.4) is 0 Å². The first kappa shape index (κ1) is 13.6. The molecule has 0 bridgehead atoms. The smallest absolute Gasteiger partial charge is 0.121 e. The van der Waals surface area contributed by atoms with Crippen LogP contribution in [0, 0.1) is 0 Å². The zero-order valence-electron chi connectivity index (χ0n) is 11.1. The van der Waals surface area contributed by atoms with Crippen LogP contribution in [0.5, 0.6) is 5.75 Å². The zero-order valence-corrected chi connectivity index (χ0v) is 11.1. The second kappa shape index (κ2) is 7.00. The van der Waals surface area contributed by atoms with E-state index in [1.165, 1.54) is 5.57 Å². The quantitative estimate of drug-likeness (QED) is 0.711. The van der Waals surface area contributed by atoms with E-state index in [1.807, 2.05) is 24.3 Å². The van der Waals surface area contributed by atoms with Crippen molar-refractivity contribution in [1.82, 2.24) is 0 Å². The molecular formula is C15H23NO. The standard InChI is InChI=1S/C15H23NO/c1-5-12(3)11-16-14-8-7-9-15(10-14)17-13(4)6-2/h7-10,13,16H,3,5-6,11H2,1-2,4H3. The van der Waals surface area contributed by atoms with Crippen molar-refractivity contribution in [3.8, 4) is 5.75 Å². The number of anilines is 1. The van der Waals surface area contributed by atoms with Gasteiger partial charge in [-0.2, -0.15) is 0 Å². The minimum absolute atomic E-state index is 0.260. The molecule has 0 spiro atoms. The number of hydrogen-bond acceptors (Lipinski definition) is 2. The summed E-state index contributed by atoms with van der Waals surface area (Å²) in [5.41, 5.74) is 2.29. The average Bonchev–Trinajstić information content (AvgIpc) is 2.36. The van der Waals surface area contributed by atoms with E-state index in [0.29, 0.717) is 0 Å². The van der Waals surface area contributed by atoms with E-state index >= 15 is 0 Å². The van der Waals surface area contributed by atoms with Crippen molar-refractivity contribution in [3.05, 3.63) is 36.4 Å². The van der Waals surface area contributed by atoms with E-state index in [4.69, 9.17) is 4.74 Å². The van der Waals surface area contributed by atoms with Gasteiger partial charge in [-0.05, 0) is 31.9 Å². The lowest BCUT2D eigenvalue weighted by Gasteiger charge is -2.14. The zero-order chi connectivity index (χ0) is 12.7. The van der Waals surface area contributed by atoms with E-state index in [0.717, 1.165) is 30.8 Å². The SMILES string of the molecule is C=C(CC)CNc1cccc(OC(C)CC)c1. The van der Waals surface area contributed by atoms with Crippen molar-refractivity contribution < 1.29 is 4.74 Å². The molecule has 0 fully saturated rings. The predicted octanol–water partition coefficient (Wildman–Crippen LogP) is 4.24. The molecule has 0 aromatic heterocycles. The highest BCUT2D eigenvalue weighted by atomic mass is 16.5. The summed E-state index contributed by atoms with van der Waals surface area (Å²) in [5, 5.41) is 3.35. The Morgan fingerprint density at radius 1 is 1.41 bits per heavy atom. The van der Waals surface area contributed by atoms with Gasteiger partial charge >= 0.3 is 0 Å². The van der Waals surface area contributed by atoms with Crippen molar-refractivity contribution in [1.29, 1.82) is 0 Å². The van der Waals surface area contributed by atoms with Gasteiger partial charge < -0.3 is 10.1 Å². The average molecular weight is 233 g/mol. The summed E-state index contributed by atoms with van der Waals surface area (Å²) < 4.78 is 5.77. The van der Waals surface area contributed by atoms with Gasteiger partial charge in [0.25, 0.3) is 0 Å². The molecule has 2 heteroatoms. The fourth-order valence-corrected chi connectivity index (χ4v) is 1.35. The van der Waals surface area contributed by atoms with Crippen molar-refractivity contribution >= 4 is 5.69 Å². The Kier molecular flexibility index (Phi) is 5.61. The van der Waals surface area contributed by atoms with E-state index in [-0.39, 0.29) is 6.10 Å². The lowest BCUT2D eigenvalue weighted by Crippen LogP contribution is -2.10. The second-order valence-corrected chi connectivity index (χ2v) is 4.32. The largest absolute Gasteiger partial charge is 0.491 e. The maximum Gasteiger partial charge on any atom is 0.121 e. The van der Waals surface area contributed by atoms with Crippen LogP contribution >= 0.6 is 0 Å². The second-order valence-electron chi connectivity index (χ2n) is 4.32. The highest BCUT2D eigenvalue weighted by Gasteiger charge is 2.01. The lowest BCUT2D eigenvalue weighted by atomic mass is 10.2. The number of nitrogens with one attached hydrogen (secondary N) is 1. The van der Waals surface area contributed by atoms with Gasteiger partial charge in [0.05, 0.1) is 6.10 Å². The summed E-state index contributed by atoms with van der Waals surface area (Å²) in [6, 6.07) is 8.09. The van der Waals surface area contributed by atoms with E-state index in [9.17, 15) is 0 Å². The van der Waals surface area contributed by atoms with E-state index in [1.54, 1.807) is 0 Å². The van der Waals surface area contributed by atoms with E-state index < -0.39 is 0 Å². The Morgan fingerprint density at radius 3 is 2.82 bits per heavy atom. The van der Waals surface area contributed by atoms with Gasteiger partial charge in [0.1, 0.15) is 5.75 Å². The Labute approximate surface area is 105 Å². The minimum atomic E-state index is 0.260. The van der Waals surface area contributed by atoms with E-state index in [2.05, 4.69) is 32.7 Å². The monoisotopic (exact) mass is 233 g/mol. The number of hydrogen-bond donors (Lipinski definition) is 1. The van der Waals surface area contributed by atoms with Gasteiger partial charge in [0, 0.05) is 18.3 Å². The molecule has 0 saturated heterocycles. The van der Waals surface area contributed by atoms with Crippen molar-refractivity contribution in [2.75, 3.05) is 11.9 Å². The molecule has 94 valence electrons. The van der Waals surface area contributed by atoms with Gasteiger partial charge in [-0.25, -0.2) is 0 Å². The summed E-state index contributed by atoms with van der Waals surface area (Å²) >= 11 is 0. The Hall–Kier alpha value is -1.44. The van der Waals surface area contributed by atoms with Crippen LogP contribution in [0.25, 0.3) is 0 Å². The van der Waals surface area contributed by atoms with Crippen LogP contribution in [0.15, 0.2) is 36.4 Å². The third kappa shape index (κ3) is 4.94. The van der Waals surface area contributed by atoms with Crippen LogP contribution in [0.2, 0.25) is 0 Å². The van der Waals surface area contributed by atoms with Gasteiger partial charge in [-0.15, -0.1) is 0 Å². The summed E-state index contributed by atoms with van der Waals surface area (Å²) in [4.78, 5) is 0. The molecule has 1 unspecified atom stereocenters. The van der Waals surface area contributed by atoms with Gasteiger partial charge in [-0.1, -0.05) is 32.1 Å². The molecule has 17 heavy (non-hydrogen) atoms. The minimum Gasteiger partial charge on any atom is -0.491 e. The molecule has 0 amide bonds. The Balaban J connectivity index is 2.56. The fraction of sp³-hybridized carbons (Fsp3) is 0.467. The Morgan fingerprint density at radius 2 is 2.18 bits per heavy atom. The lowest BCUT2D eigenvalue weighted by molar-refractivity contribution is 0.217. The molecule has 0 aliphatic carbocycles. The van der Waals surface area contributed by atoms with Crippen LogP contribution in [-0.4, -0.2) is 12.6 Å². The van der Waals surface area contributed by atoms with Crippen molar-refractivity contribution in [3.63, 3.8) is 0 Å². The molecule has 0 saturated carbocycles. The molecule has 1 atom stereocenters. The van der Waals surface area contributed by atoms with Gasteiger partial charge in [-0.3, -0.25) is 0 Å². The normalized spacial score (nSPS) is 11.9. The number of rotatable bonds is 7. The van der Waals surface area contributed by atoms with Crippen LogP contribution < -0.4 is 10.1 Å². The van der Waals surface area contributed by atoms with Gasteiger partial charge in [0.15, 0.2) is 0 Å². The molecule has 0 heterocycles. The highest BCUT2D eigenvalue weighted by molar-refractivity contribution is 5.48. The Bertz CT molecular complexity index is 360.